The molecule has 2 aromatic heterocycles. The minimum absolute atomic E-state index is 0.0159. The molecule has 0 bridgehead atoms. The normalized spacial score (nSPS) is 10.5. The Balaban J connectivity index is 2.67. The summed E-state index contributed by atoms with van der Waals surface area (Å²) in [5.74, 6) is 0. The summed E-state index contributed by atoms with van der Waals surface area (Å²) in [6.07, 6.45) is 1.25. The highest BCUT2D eigenvalue weighted by Gasteiger charge is 2.09. The molecule has 66 valence electrons. The van der Waals surface area contributed by atoms with Crippen LogP contribution in [0.15, 0.2) is 12.3 Å². The number of thiazole rings is 1. The number of fused-ring (bicyclic) bond motifs is 1. The molecule has 0 spiro atoms. The predicted octanol–water partition coefficient (Wildman–Crippen LogP) is 1.91. The molecule has 0 N–H and O–H groups in total. The van der Waals surface area contributed by atoms with Gasteiger partial charge in [-0.05, 0) is 6.92 Å². The molecule has 13 heavy (non-hydrogen) atoms. The van der Waals surface area contributed by atoms with Crippen LogP contribution < -0.4 is 0 Å². The summed E-state index contributed by atoms with van der Waals surface area (Å²) in [4.78, 5) is 18.7. The number of nitro groups is 1. The highest BCUT2D eigenvalue weighted by Crippen LogP contribution is 2.22. The van der Waals surface area contributed by atoms with Gasteiger partial charge in [0, 0.05) is 6.07 Å². The van der Waals surface area contributed by atoms with Gasteiger partial charge in [-0.15, -0.1) is 0 Å². The van der Waals surface area contributed by atoms with Crippen molar-refractivity contribution in [1.29, 1.82) is 0 Å². The number of hydrogen-bond acceptors (Lipinski definition) is 5. The van der Waals surface area contributed by atoms with Crippen LogP contribution in [-0.2, 0) is 0 Å². The fourth-order valence-corrected chi connectivity index (χ4v) is 1.76. The largest absolute Gasteiger partial charge is 0.289 e. The van der Waals surface area contributed by atoms with Gasteiger partial charge < -0.3 is 0 Å². The Morgan fingerprint density at radius 3 is 3.08 bits per heavy atom. The third-order valence-corrected chi connectivity index (χ3v) is 2.45. The van der Waals surface area contributed by atoms with E-state index in [0.29, 0.717) is 5.52 Å². The van der Waals surface area contributed by atoms with Crippen LogP contribution in [0, 0.1) is 17.0 Å². The standard InChI is InChI=1S/C7H5N3O2S/c1-4-9-6-2-5(10(11)12)3-8-7(6)13-4/h2-3H,1H3. The smallest absolute Gasteiger partial charge is 0.258 e. The van der Waals surface area contributed by atoms with Crippen LogP contribution >= 0.6 is 11.3 Å². The third-order valence-electron chi connectivity index (χ3n) is 1.55. The summed E-state index contributed by atoms with van der Waals surface area (Å²) < 4.78 is 0. The number of pyridine rings is 1. The van der Waals surface area contributed by atoms with Gasteiger partial charge in [0.25, 0.3) is 5.69 Å². The molecule has 0 atom stereocenters. The summed E-state index contributed by atoms with van der Waals surface area (Å²) in [5, 5.41) is 11.3. The second-order valence-electron chi connectivity index (χ2n) is 2.51. The summed E-state index contributed by atoms with van der Waals surface area (Å²) in [6, 6.07) is 1.44. The number of aromatic nitrogens is 2. The van der Waals surface area contributed by atoms with E-state index in [1.165, 1.54) is 23.6 Å². The number of rotatable bonds is 1. The van der Waals surface area contributed by atoms with E-state index in [0.717, 1.165) is 9.84 Å². The van der Waals surface area contributed by atoms with Gasteiger partial charge >= 0.3 is 0 Å². The quantitative estimate of drug-likeness (QED) is 0.514. The lowest BCUT2D eigenvalue weighted by Crippen LogP contribution is -1.88. The van der Waals surface area contributed by atoms with Crippen LogP contribution in [0.5, 0.6) is 0 Å². The van der Waals surface area contributed by atoms with Crippen LogP contribution in [-0.4, -0.2) is 14.9 Å². The van der Waals surface area contributed by atoms with Crippen LogP contribution in [0.2, 0.25) is 0 Å². The predicted molar refractivity (Wildman–Crippen MR) is 48.8 cm³/mol. The minimum Gasteiger partial charge on any atom is -0.258 e. The van der Waals surface area contributed by atoms with Gasteiger partial charge in [-0.1, -0.05) is 11.3 Å². The van der Waals surface area contributed by atoms with Crippen molar-refractivity contribution < 1.29 is 4.92 Å². The first-order chi connectivity index (χ1) is 6.16. The molecule has 0 aromatic carbocycles. The van der Waals surface area contributed by atoms with Crippen LogP contribution in [0.25, 0.3) is 10.3 Å². The molecule has 2 heterocycles. The van der Waals surface area contributed by atoms with Crippen molar-refractivity contribution in [2.24, 2.45) is 0 Å². The molecule has 0 unspecified atom stereocenters. The maximum Gasteiger partial charge on any atom is 0.289 e. The Labute approximate surface area is 77.2 Å². The second-order valence-corrected chi connectivity index (χ2v) is 3.69. The molecular formula is C7H5N3O2S. The average Bonchev–Trinajstić information content (AvgIpc) is 2.42. The zero-order chi connectivity index (χ0) is 9.42. The van der Waals surface area contributed by atoms with Crippen molar-refractivity contribution in [1.82, 2.24) is 9.97 Å². The zero-order valence-electron chi connectivity index (χ0n) is 6.72. The molecule has 0 aliphatic heterocycles. The van der Waals surface area contributed by atoms with Gasteiger partial charge in [0.1, 0.15) is 16.5 Å². The number of hydrogen-bond donors (Lipinski definition) is 0. The summed E-state index contributed by atoms with van der Waals surface area (Å²) >= 11 is 1.43. The summed E-state index contributed by atoms with van der Waals surface area (Å²) in [6.45, 7) is 1.85. The Kier molecular flexibility index (Phi) is 1.70. The van der Waals surface area contributed by atoms with Crippen LogP contribution in [0.1, 0.15) is 5.01 Å². The minimum atomic E-state index is -0.471. The van der Waals surface area contributed by atoms with Crippen LogP contribution in [0.4, 0.5) is 5.69 Å². The van der Waals surface area contributed by atoms with E-state index in [9.17, 15) is 10.1 Å². The fraction of sp³-hybridized carbons (Fsp3) is 0.143. The van der Waals surface area contributed by atoms with Gasteiger partial charge in [0.05, 0.1) is 9.93 Å². The summed E-state index contributed by atoms with van der Waals surface area (Å²) in [5.41, 5.74) is 0.578. The highest BCUT2D eigenvalue weighted by molar-refractivity contribution is 7.18. The van der Waals surface area contributed by atoms with Crippen molar-refractivity contribution in [2.45, 2.75) is 6.92 Å². The van der Waals surface area contributed by atoms with E-state index in [1.54, 1.807) is 0 Å². The van der Waals surface area contributed by atoms with Gasteiger partial charge in [0.2, 0.25) is 0 Å². The molecule has 0 aliphatic rings. The second kappa shape index (κ2) is 2.74. The zero-order valence-corrected chi connectivity index (χ0v) is 7.54. The van der Waals surface area contributed by atoms with E-state index in [2.05, 4.69) is 9.97 Å². The van der Waals surface area contributed by atoms with E-state index < -0.39 is 4.92 Å². The van der Waals surface area contributed by atoms with Crippen LogP contribution in [0.3, 0.4) is 0 Å². The monoisotopic (exact) mass is 195 g/mol. The molecule has 6 heteroatoms. The number of nitrogens with zero attached hydrogens (tertiary/aromatic N) is 3. The molecule has 0 amide bonds. The van der Waals surface area contributed by atoms with E-state index in [1.807, 2.05) is 6.92 Å². The van der Waals surface area contributed by atoms with Gasteiger partial charge in [0.15, 0.2) is 0 Å². The maximum absolute atomic E-state index is 10.4. The van der Waals surface area contributed by atoms with E-state index in [-0.39, 0.29) is 5.69 Å². The molecule has 0 saturated heterocycles. The molecule has 0 radical (unpaired) electrons. The van der Waals surface area contributed by atoms with Gasteiger partial charge in [-0.25, -0.2) is 9.97 Å². The van der Waals surface area contributed by atoms with Crippen molar-refractivity contribution >= 4 is 27.4 Å². The Bertz CT molecular complexity index is 480. The third kappa shape index (κ3) is 1.35. The molecule has 0 aliphatic carbocycles. The lowest BCUT2D eigenvalue weighted by molar-refractivity contribution is -0.385. The first-order valence-electron chi connectivity index (χ1n) is 3.54. The molecule has 5 nitrogen and oxygen atoms in total. The van der Waals surface area contributed by atoms with Crippen molar-refractivity contribution in [2.75, 3.05) is 0 Å². The molecule has 2 rings (SSSR count). The Hall–Kier alpha value is -1.56. The number of aryl methyl sites for hydroxylation is 1. The summed E-state index contributed by atoms with van der Waals surface area (Å²) in [7, 11) is 0. The van der Waals surface area contributed by atoms with E-state index in [4.69, 9.17) is 0 Å². The molecule has 2 aromatic rings. The lowest BCUT2D eigenvalue weighted by Gasteiger charge is -1.88. The first kappa shape index (κ1) is 8.06. The Morgan fingerprint density at radius 1 is 1.62 bits per heavy atom. The van der Waals surface area contributed by atoms with Crippen molar-refractivity contribution in [3.05, 3.63) is 27.4 Å². The molecule has 0 saturated carbocycles. The van der Waals surface area contributed by atoms with Crippen molar-refractivity contribution in [3.63, 3.8) is 0 Å². The average molecular weight is 195 g/mol. The molecule has 0 fully saturated rings. The SMILES string of the molecule is Cc1nc2cc([N+](=O)[O-])cnc2s1. The van der Waals surface area contributed by atoms with Crippen molar-refractivity contribution in [3.8, 4) is 0 Å². The lowest BCUT2D eigenvalue weighted by atomic mass is 10.4. The van der Waals surface area contributed by atoms with Gasteiger partial charge in [-0.3, -0.25) is 10.1 Å². The van der Waals surface area contributed by atoms with Gasteiger partial charge in [-0.2, -0.15) is 0 Å². The Morgan fingerprint density at radius 2 is 2.38 bits per heavy atom. The first-order valence-corrected chi connectivity index (χ1v) is 4.36. The highest BCUT2D eigenvalue weighted by atomic mass is 32.1. The van der Waals surface area contributed by atoms with E-state index >= 15 is 0 Å². The topological polar surface area (TPSA) is 68.9 Å². The fourth-order valence-electron chi connectivity index (χ4n) is 1.02. The molecular weight excluding hydrogens is 190 g/mol. The maximum atomic E-state index is 10.4.